The molecule has 0 saturated heterocycles. The molecule has 1 atom stereocenters. The smallest absolute Gasteiger partial charge is 0.133 e. The van der Waals surface area contributed by atoms with Crippen molar-refractivity contribution in [1.29, 1.82) is 5.26 Å². The second kappa shape index (κ2) is 9.27. The molecule has 1 rings (SSSR count). The van der Waals surface area contributed by atoms with Gasteiger partial charge in [0.05, 0.1) is 39.1 Å². The van der Waals surface area contributed by atoms with Crippen LogP contribution in [0, 0.1) is 17.2 Å². The Kier molecular flexibility index (Phi) is 7.99. The van der Waals surface area contributed by atoms with Gasteiger partial charge in [-0.25, -0.2) is 0 Å². The fourth-order valence-corrected chi connectivity index (χ4v) is 2.00. The molecule has 1 fully saturated rings. The van der Waals surface area contributed by atoms with Crippen LogP contribution in [-0.2, 0) is 14.2 Å². The van der Waals surface area contributed by atoms with E-state index in [1.165, 1.54) is 0 Å². The Morgan fingerprint density at radius 2 is 1.89 bits per heavy atom. The highest BCUT2D eigenvalue weighted by molar-refractivity contribution is 5.15. The molecular weight excluding hydrogens is 244 g/mol. The molecule has 5 heteroatoms. The van der Waals surface area contributed by atoms with E-state index in [-0.39, 0.29) is 0 Å². The summed E-state index contributed by atoms with van der Waals surface area (Å²) in [6.45, 7) is 5.66. The Morgan fingerprint density at radius 3 is 2.47 bits per heavy atom. The van der Waals surface area contributed by atoms with Gasteiger partial charge in [-0.1, -0.05) is 6.92 Å². The van der Waals surface area contributed by atoms with Crippen molar-refractivity contribution in [3.05, 3.63) is 0 Å². The van der Waals surface area contributed by atoms with E-state index in [2.05, 4.69) is 18.3 Å². The van der Waals surface area contributed by atoms with Crippen LogP contribution in [0.25, 0.3) is 0 Å². The summed E-state index contributed by atoms with van der Waals surface area (Å²) in [4.78, 5) is 0. The third kappa shape index (κ3) is 5.87. The number of nitrogens with zero attached hydrogens (tertiary/aromatic N) is 1. The van der Waals surface area contributed by atoms with Crippen molar-refractivity contribution in [2.45, 2.75) is 31.7 Å². The first-order valence-electron chi connectivity index (χ1n) is 7.09. The van der Waals surface area contributed by atoms with Crippen LogP contribution < -0.4 is 5.32 Å². The Labute approximate surface area is 116 Å². The third-order valence-electron chi connectivity index (χ3n) is 3.30. The van der Waals surface area contributed by atoms with E-state index in [9.17, 15) is 5.26 Å². The summed E-state index contributed by atoms with van der Waals surface area (Å²) >= 11 is 0. The van der Waals surface area contributed by atoms with E-state index in [1.54, 1.807) is 7.11 Å². The van der Waals surface area contributed by atoms with Gasteiger partial charge in [0.15, 0.2) is 0 Å². The highest BCUT2D eigenvalue weighted by Crippen LogP contribution is 2.39. The molecule has 0 aromatic rings. The lowest BCUT2D eigenvalue weighted by Crippen LogP contribution is -2.50. The molecule has 1 saturated carbocycles. The minimum Gasteiger partial charge on any atom is -0.382 e. The normalized spacial score (nSPS) is 17.9. The van der Waals surface area contributed by atoms with Crippen molar-refractivity contribution >= 4 is 0 Å². The molecule has 0 aliphatic heterocycles. The molecule has 1 aliphatic carbocycles. The number of hydrogen-bond acceptors (Lipinski definition) is 5. The van der Waals surface area contributed by atoms with Gasteiger partial charge in [0, 0.05) is 7.11 Å². The second-order valence-electron chi connectivity index (χ2n) is 4.94. The number of nitrogens with one attached hydrogen (secondary N) is 1. The summed E-state index contributed by atoms with van der Waals surface area (Å²) in [7, 11) is 1.65. The summed E-state index contributed by atoms with van der Waals surface area (Å²) in [5, 5.41) is 12.8. The zero-order chi connectivity index (χ0) is 14.0. The molecule has 1 N–H and O–H groups in total. The lowest BCUT2D eigenvalue weighted by molar-refractivity contribution is 0.0104. The standard InChI is InChI=1S/C14H26N2O3/c1-3-6-16-14(11-15,13-4-5-13)12-19-10-9-18-8-7-17-2/h13,16H,3-10,12H2,1-2H3. The summed E-state index contributed by atoms with van der Waals surface area (Å²) in [5.74, 6) is 0.443. The number of nitriles is 1. The number of hydrogen-bond donors (Lipinski definition) is 1. The predicted octanol–water partition coefficient (Wildman–Crippen LogP) is 1.34. The lowest BCUT2D eigenvalue weighted by Gasteiger charge is -2.27. The first-order valence-corrected chi connectivity index (χ1v) is 7.09. The predicted molar refractivity (Wildman–Crippen MR) is 72.9 cm³/mol. The maximum atomic E-state index is 9.45. The quantitative estimate of drug-likeness (QED) is 0.542. The Bertz CT molecular complexity index is 276. The molecule has 110 valence electrons. The fourth-order valence-electron chi connectivity index (χ4n) is 2.00. The molecule has 0 spiro atoms. The molecule has 0 radical (unpaired) electrons. The Morgan fingerprint density at radius 1 is 1.21 bits per heavy atom. The molecule has 0 amide bonds. The van der Waals surface area contributed by atoms with Gasteiger partial charge in [0.1, 0.15) is 5.54 Å². The van der Waals surface area contributed by atoms with Gasteiger partial charge in [0.2, 0.25) is 0 Å². The molecule has 1 unspecified atom stereocenters. The molecule has 19 heavy (non-hydrogen) atoms. The van der Waals surface area contributed by atoms with Crippen LogP contribution in [0.5, 0.6) is 0 Å². The number of rotatable bonds is 12. The van der Waals surface area contributed by atoms with Crippen LogP contribution >= 0.6 is 0 Å². The van der Waals surface area contributed by atoms with Crippen LogP contribution in [0.1, 0.15) is 26.2 Å². The average molecular weight is 270 g/mol. The van der Waals surface area contributed by atoms with Crippen LogP contribution in [0.15, 0.2) is 0 Å². The van der Waals surface area contributed by atoms with Gasteiger partial charge in [-0.15, -0.1) is 0 Å². The van der Waals surface area contributed by atoms with Crippen molar-refractivity contribution in [1.82, 2.24) is 5.32 Å². The lowest BCUT2D eigenvalue weighted by atomic mass is 9.96. The van der Waals surface area contributed by atoms with E-state index in [4.69, 9.17) is 14.2 Å². The molecule has 1 aliphatic rings. The molecule has 0 aromatic carbocycles. The summed E-state index contributed by atoms with van der Waals surface area (Å²) in [5.41, 5.74) is -0.497. The van der Waals surface area contributed by atoms with Gasteiger partial charge in [-0.3, -0.25) is 5.32 Å². The topological polar surface area (TPSA) is 63.5 Å². The van der Waals surface area contributed by atoms with Gasteiger partial charge in [-0.05, 0) is 31.7 Å². The highest BCUT2D eigenvalue weighted by atomic mass is 16.5. The SMILES string of the molecule is CCCNC(C#N)(COCCOCCOC)C1CC1. The minimum atomic E-state index is -0.497. The van der Waals surface area contributed by atoms with Crippen LogP contribution in [-0.4, -0.2) is 52.2 Å². The first-order chi connectivity index (χ1) is 9.29. The van der Waals surface area contributed by atoms with Gasteiger partial charge in [-0.2, -0.15) is 5.26 Å². The zero-order valence-corrected chi connectivity index (χ0v) is 12.1. The van der Waals surface area contributed by atoms with E-state index in [0.29, 0.717) is 39.0 Å². The molecule has 5 nitrogen and oxygen atoms in total. The molecule has 0 bridgehead atoms. The average Bonchev–Trinajstić information content (AvgIpc) is 3.26. The Balaban J connectivity index is 2.20. The van der Waals surface area contributed by atoms with E-state index >= 15 is 0 Å². The van der Waals surface area contributed by atoms with Gasteiger partial charge < -0.3 is 14.2 Å². The van der Waals surface area contributed by atoms with Crippen molar-refractivity contribution in [3.63, 3.8) is 0 Å². The van der Waals surface area contributed by atoms with Gasteiger partial charge in [0.25, 0.3) is 0 Å². The van der Waals surface area contributed by atoms with Crippen molar-refractivity contribution in [2.75, 3.05) is 46.7 Å². The van der Waals surface area contributed by atoms with Crippen molar-refractivity contribution < 1.29 is 14.2 Å². The van der Waals surface area contributed by atoms with Crippen LogP contribution in [0.4, 0.5) is 0 Å². The maximum Gasteiger partial charge on any atom is 0.133 e. The van der Waals surface area contributed by atoms with E-state index in [1.807, 2.05) is 0 Å². The zero-order valence-electron chi connectivity index (χ0n) is 12.1. The number of methoxy groups -OCH3 is 1. The fraction of sp³-hybridized carbons (Fsp3) is 0.929. The van der Waals surface area contributed by atoms with E-state index < -0.39 is 5.54 Å². The second-order valence-corrected chi connectivity index (χ2v) is 4.94. The van der Waals surface area contributed by atoms with Crippen LogP contribution in [0.2, 0.25) is 0 Å². The van der Waals surface area contributed by atoms with E-state index in [0.717, 1.165) is 25.8 Å². The summed E-state index contributed by atoms with van der Waals surface area (Å²) < 4.78 is 15.8. The largest absolute Gasteiger partial charge is 0.382 e. The van der Waals surface area contributed by atoms with Crippen molar-refractivity contribution in [2.24, 2.45) is 5.92 Å². The monoisotopic (exact) mass is 270 g/mol. The minimum absolute atomic E-state index is 0.443. The summed E-state index contributed by atoms with van der Waals surface area (Å²) in [6, 6.07) is 2.43. The summed E-state index contributed by atoms with van der Waals surface area (Å²) in [6.07, 6.45) is 3.27. The van der Waals surface area contributed by atoms with Gasteiger partial charge >= 0.3 is 0 Å². The maximum absolute atomic E-state index is 9.45. The van der Waals surface area contributed by atoms with Crippen molar-refractivity contribution in [3.8, 4) is 6.07 Å². The first kappa shape index (κ1) is 16.4. The molecular formula is C14H26N2O3. The Hall–Kier alpha value is -0.670. The molecule has 0 aromatic heterocycles. The molecule has 0 heterocycles. The highest BCUT2D eigenvalue weighted by Gasteiger charge is 2.45. The van der Waals surface area contributed by atoms with Crippen LogP contribution in [0.3, 0.4) is 0 Å². The third-order valence-corrected chi connectivity index (χ3v) is 3.30. The number of ether oxygens (including phenoxy) is 3.